The molecule has 3 rings (SSSR count). The van der Waals surface area contributed by atoms with Gasteiger partial charge in [-0.15, -0.1) is 6.58 Å². The van der Waals surface area contributed by atoms with E-state index in [0.717, 1.165) is 16.9 Å². The van der Waals surface area contributed by atoms with Gasteiger partial charge in [0, 0.05) is 5.02 Å². The van der Waals surface area contributed by atoms with Crippen LogP contribution in [0.4, 0.5) is 0 Å². The summed E-state index contributed by atoms with van der Waals surface area (Å²) in [5, 5.41) is 0.851. The van der Waals surface area contributed by atoms with E-state index in [-0.39, 0.29) is 0 Å². The van der Waals surface area contributed by atoms with Crippen molar-refractivity contribution in [1.82, 2.24) is 0 Å². The Labute approximate surface area is 141 Å². The highest BCUT2D eigenvalue weighted by Crippen LogP contribution is 2.52. The molecule has 0 amide bonds. The number of hydrogen-bond donors (Lipinski definition) is 0. The van der Waals surface area contributed by atoms with Gasteiger partial charge in [-0.25, -0.2) is 0 Å². The minimum absolute atomic E-state index is 0.588. The van der Waals surface area contributed by atoms with Gasteiger partial charge in [0.25, 0.3) is 0 Å². The van der Waals surface area contributed by atoms with Crippen molar-refractivity contribution in [2.75, 3.05) is 0 Å². The van der Waals surface area contributed by atoms with Gasteiger partial charge in [0.15, 0.2) is 0 Å². The van der Waals surface area contributed by atoms with Crippen molar-refractivity contribution >= 4 is 11.6 Å². The van der Waals surface area contributed by atoms with E-state index in [1.807, 2.05) is 12.1 Å². The Hall–Kier alpha value is -0.750. The molecular formula is C21H29Cl. The normalized spacial score (nSPS) is 28.2. The number of allylic oxidation sites excluding steroid dienone is 1. The first kappa shape index (κ1) is 16.1. The van der Waals surface area contributed by atoms with E-state index in [0.29, 0.717) is 5.41 Å². The predicted molar refractivity (Wildman–Crippen MR) is 96.5 cm³/mol. The van der Waals surface area contributed by atoms with Crippen LogP contribution in [0.2, 0.25) is 5.02 Å². The molecule has 0 saturated heterocycles. The largest absolute Gasteiger partial charge is 0.103 e. The molecule has 22 heavy (non-hydrogen) atoms. The van der Waals surface area contributed by atoms with Crippen LogP contribution in [-0.2, 0) is 0 Å². The smallest absolute Gasteiger partial charge is 0.0406 e. The highest BCUT2D eigenvalue weighted by Gasteiger charge is 2.40. The van der Waals surface area contributed by atoms with Crippen molar-refractivity contribution in [3.8, 4) is 0 Å². The van der Waals surface area contributed by atoms with Crippen molar-refractivity contribution < 1.29 is 0 Å². The summed E-state index contributed by atoms with van der Waals surface area (Å²) in [6, 6.07) is 8.55. The van der Waals surface area contributed by atoms with Crippen LogP contribution in [-0.4, -0.2) is 0 Å². The van der Waals surface area contributed by atoms with Crippen LogP contribution in [0.1, 0.15) is 75.7 Å². The summed E-state index contributed by atoms with van der Waals surface area (Å²) in [5.41, 5.74) is 2.08. The molecule has 0 unspecified atom stereocenters. The number of hydrogen-bond acceptors (Lipinski definition) is 0. The lowest BCUT2D eigenvalue weighted by Gasteiger charge is -2.46. The van der Waals surface area contributed by atoms with Gasteiger partial charge in [0.2, 0.25) is 0 Å². The molecule has 0 bridgehead atoms. The molecule has 0 N–H and O–H groups in total. The van der Waals surface area contributed by atoms with Crippen molar-refractivity contribution in [2.24, 2.45) is 11.3 Å². The SMILES string of the molecule is C=CCC1([C@H]2CC[C@H](c3ccc(Cl)cc3)CC2)CCCCC1. The zero-order valence-electron chi connectivity index (χ0n) is 13.7. The number of benzene rings is 1. The summed E-state index contributed by atoms with van der Waals surface area (Å²) in [6.45, 7) is 4.05. The van der Waals surface area contributed by atoms with E-state index in [2.05, 4.69) is 24.8 Å². The predicted octanol–water partition coefficient (Wildman–Crippen LogP) is 7.14. The van der Waals surface area contributed by atoms with Gasteiger partial charge in [0.05, 0.1) is 0 Å². The van der Waals surface area contributed by atoms with Gasteiger partial charge in [-0.1, -0.05) is 49.1 Å². The van der Waals surface area contributed by atoms with Crippen molar-refractivity contribution in [2.45, 2.75) is 70.1 Å². The Morgan fingerprint density at radius 2 is 1.64 bits per heavy atom. The molecule has 2 aliphatic rings. The molecule has 1 aromatic carbocycles. The first-order chi connectivity index (χ1) is 10.7. The van der Waals surface area contributed by atoms with Crippen LogP contribution in [0.25, 0.3) is 0 Å². The Kier molecular flexibility index (Phi) is 5.29. The standard InChI is InChI=1S/C21H29Cl/c1-2-14-21(15-4-3-5-16-21)19-10-6-17(7-11-19)18-8-12-20(22)13-9-18/h2,8-9,12-13,17,19H,1,3-7,10-11,14-16H2/t17-,19-. The van der Waals surface area contributed by atoms with Crippen LogP contribution in [0, 0.1) is 11.3 Å². The molecule has 2 aliphatic carbocycles. The van der Waals surface area contributed by atoms with Gasteiger partial charge in [-0.05, 0) is 79.9 Å². The number of halogens is 1. The molecule has 120 valence electrons. The molecule has 0 nitrogen and oxygen atoms in total. The maximum absolute atomic E-state index is 6.02. The van der Waals surface area contributed by atoms with Crippen LogP contribution in [0.3, 0.4) is 0 Å². The summed E-state index contributed by atoms with van der Waals surface area (Å²) < 4.78 is 0. The second kappa shape index (κ2) is 7.21. The molecule has 0 atom stereocenters. The average molecular weight is 317 g/mol. The van der Waals surface area contributed by atoms with E-state index < -0.39 is 0 Å². The van der Waals surface area contributed by atoms with Crippen LogP contribution >= 0.6 is 11.6 Å². The first-order valence-electron chi connectivity index (χ1n) is 9.10. The third-order valence-corrected chi connectivity index (χ3v) is 6.59. The van der Waals surface area contributed by atoms with Gasteiger partial charge in [-0.3, -0.25) is 0 Å². The maximum Gasteiger partial charge on any atom is 0.0406 e. The third-order valence-electron chi connectivity index (χ3n) is 6.33. The van der Waals surface area contributed by atoms with Crippen LogP contribution < -0.4 is 0 Å². The monoisotopic (exact) mass is 316 g/mol. The van der Waals surface area contributed by atoms with Crippen molar-refractivity contribution in [3.63, 3.8) is 0 Å². The summed E-state index contributed by atoms with van der Waals surface area (Å²) in [5.74, 6) is 1.67. The minimum Gasteiger partial charge on any atom is -0.103 e. The summed E-state index contributed by atoms with van der Waals surface area (Å²) in [6.07, 6.45) is 16.1. The highest BCUT2D eigenvalue weighted by atomic mass is 35.5. The molecule has 1 aromatic rings. The summed E-state index contributed by atoms with van der Waals surface area (Å²) in [4.78, 5) is 0. The van der Waals surface area contributed by atoms with E-state index in [1.165, 1.54) is 69.8 Å². The van der Waals surface area contributed by atoms with Gasteiger partial charge in [0.1, 0.15) is 0 Å². The molecule has 0 aliphatic heterocycles. The van der Waals surface area contributed by atoms with Crippen molar-refractivity contribution in [1.29, 1.82) is 0 Å². The van der Waals surface area contributed by atoms with E-state index in [4.69, 9.17) is 11.6 Å². The average Bonchev–Trinajstić information content (AvgIpc) is 2.57. The molecule has 2 saturated carbocycles. The molecule has 2 fully saturated rings. The lowest BCUT2D eigenvalue weighted by molar-refractivity contribution is 0.0657. The summed E-state index contributed by atoms with van der Waals surface area (Å²) in [7, 11) is 0. The highest BCUT2D eigenvalue weighted by molar-refractivity contribution is 6.30. The van der Waals surface area contributed by atoms with E-state index in [9.17, 15) is 0 Å². The van der Waals surface area contributed by atoms with E-state index in [1.54, 1.807) is 0 Å². The quantitative estimate of drug-likeness (QED) is 0.518. The Morgan fingerprint density at radius 3 is 2.23 bits per heavy atom. The summed E-state index contributed by atoms with van der Waals surface area (Å²) >= 11 is 6.02. The van der Waals surface area contributed by atoms with Gasteiger partial charge < -0.3 is 0 Å². The fourth-order valence-corrected chi connectivity index (χ4v) is 5.22. The molecule has 1 heteroatoms. The van der Waals surface area contributed by atoms with Crippen molar-refractivity contribution in [3.05, 3.63) is 47.5 Å². The first-order valence-corrected chi connectivity index (χ1v) is 9.48. The molecular weight excluding hydrogens is 288 g/mol. The Balaban J connectivity index is 1.64. The topological polar surface area (TPSA) is 0 Å². The molecule has 0 heterocycles. The molecule has 0 aromatic heterocycles. The van der Waals surface area contributed by atoms with Crippen LogP contribution in [0.5, 0.6) is 0 Å². The van der Waals surface area contributed by atoms with Crippen LogP contribution in [0.15, 0.2) is 36.9 Å². The molecule has 0 spiro atoms. The Morgan fingerprint density at radius 1 is 1.00 bits per heavy atom. The molecule has 0 radical (unpaired) electrons. The number of rotatable bonds is 4. The van der Waals surface area contributed by atoms with Gasteiger partial charge >= 0.3 is 0 Å². The zero-order valence-corrected chi connectivity index (χ0v) is 14.5. The lowest BCUT2D eigenvalue weighted by atomic mass is 9.59. The van der Waals surface area contributed by atoms with E-state index >= 15 is 0 Å². The fourth-order valence-electron chi connectivity index (χ4n) is 5.10. The van der Waals surface area contributed by atoms with Gasteiger partial charge in [-0.2, -0.15) is 0 Å². The third kappa shape index (κ3) is 3.43. The lowest BCUT2D eigenvalue weighted by Crippen LogP contribution is -2.35. The Bertz CT molecular complexity index is 473. The maximum atomic E-state index is 6.02. The second-order valence-electron chi connectivity index (χ2n) is 7.52. The second-order valence-corrected chi connectivity index (χ2v) is 7.95. The minimum atomic E-state index is 0.588. The zero-order chi connectivity index (χ0) is 15.4. The fraction of sp³-hybridized carbons (Fsp3) is 0.619.